The molecule has 4 aromatic rings. The molecular formula is C51H57N9O2S2. The maximum atomic E-state index is 12.9. The fourth-order valence-electron chi connectivity index (χ4n) is 5.18. The van der Waals surface area contributed by atoms with E-state index in [4.69, 9.17) is 6.42 Å². The van der Waals surface area contributed by atoms with Gasteiger partial charge in [-0.15, -0.1) is 17.8 Å². The fourth-order valence-corrected chi connectivity index (χ4v) is 6.22. The number of nitrogens with zero attached hydrogens (tertiary/aromatic N) is 5. The van der Waals surface area contributed by atoms with Crippen molar-refractivity contribution in [3.63, 3.8) is 0 Å². The summed E-state index contributed by atoms with van der Waals surface area (Å²) in [6, 6.07) is 17.1. The molecule has 1 amide bonds. The number of benzene rings is 2. The van der Waals surface area contributed by atoms with Crippen LogP contribution in [0.4, 0.5) is 5.69 Å². The molecule has 1 aliphatic heterocycles. The van der Waals surface area contributed by atoms with Gasteiger partial charge in [0, 0.05) is 96.9 Å². The molecule has 2 aromatic carbocycles. The minimum Gasteiger partial charge on any atom is -0.478 e. The van der Waals surface area contributed by atoms with Crippen molar-refractivity contribution in [2.24, 2.45) is 16.3 Å². The van der Waals surface area contributed by atoms with Crippen LogP contribution < -0.4 is 22.0 Å². The van der Waals surface area contributed by atoms with E-state index in [0.29, 0.717) is 12.6 Å². The van der Waals surface area contributed by atoms with Gasteiger partial charge in [0.25, 0.3) is 5.91 Å². The molecule has 0 radical (unpaired) electrons. The molecular weight excluding hydrogens is 835 g/mol. The molecule has 0 spiro atoms. The van der Waals surface area contributed by atoms with Crippen molar-refractivity contribution < 1.29 is 24.8 Å². The van der Waals surface area contributed by atoms with Crippen LogP contribution in [-0.2, 0) is 19.4 Å². The fraction of sp³-hybridized carbons (Fsp3) is 0.176. The second kappa shape index (κ2) is 29.9. The summed E-state index contributed by atoms with van der Waals surface area (Å²) in [5.74, 6) is 61.3. The number of carbonyl (C=O) groups is 1. The number of nitrogens with one attached hydrogen (secondary N) is 3. The van der Waals surface area contributed by atoms with Crippen molar-refractivity contribution in [3.8, 4) is 143 Å². The van der Waals surface area contributed by atoms with E-state index in [1.54, 1.807) is 23.8 Å². The topological polar surface area (TPSA) is 140 Å². The van der Waals surface area contributed by atoms with Gasteiger partial charge in [-0.3, -0.25) is 15.6 Å². The van der Waals surface area contributed by atoms with E-state index in [9.17, 15) is 9.70 Å². The van der Waals surface area contributed by atoms with Gasteiger partial charge in [-0.05, 0) is 188 Å². The summed E-state index contributed by atoms with van der Waals surface area (Å²) in [5, 5.41) is 15.8. The van der Waals surface area contributed by atoms with Crippen molar-refractivity contribution in [1.82, 2.24) is 20.7 Å². The predicted octanol–water partition coefficient (Wildman–Crippen LogP) is 7.55. The number of pyridine rings is 1. The summed E-state index contributed by atoms with van der Waals surface area (Å²) in [4.78, 5) is 30.0. The molecule has 0 unspecified atom stereocenters. The Labute approximate surface area is 400 Å². The maximum Gasteiger partial charge on any atom is 0.261 e. The molecule has 2 aromatic heterocycles. The van der Waals surface area contributed by atoms with Crippen molar-refractivity contribution in [2.75, 3.05) is 25.5 Å². The van der Waals surface area contributed by atoms with Gasteiger partial charge in [-0.2, -0.15) is 0 Å². The van der Waals surface area contributed by atoms with E-state index < -0.39 is 0 Å². The number of hydrazine groups is 1. The summed E-state index contributed by atoms with van der Waals surface area (Å²) >= 11 is 5.45. The zero-order valence-corrected chi connectivity index (χ0v) is 36.5. The number of terminal acetylenes is 1. The molecule has 1 saturated heterocycles. The Morgan fingerprint density at radius 2 is 1.42 bits per heavy atom. The lowest BCUT2D eigenvalue weighted by atomic mass is 10.0. The van der Waals surface area contributed by atoms with Gasteiger partial charge >= 0.3 is 0 Å². The minimum absolute atomic E-state index is 0. The Morgan fingerprint density at radius 3 is 1.94 bits per heavy atom. The molecule has 1 aliphatic rings. The van der Waals surface area contributed by atoms with Crippen LogP contribution in [0.5, 0.6) is 0 Å². The van der Waals surface area contributed by atoms with Crippen LogP contribution in [0.15, 0.2) is 65.2 Å². The van der Waals surface area contributed by atoms with Gasteiger partial charge < -0.3 is 28.3 Å². The highest BCUT2D eigenvalue weighted by atomic mass is 32.1. The number of nitroso groups, excluding NO2 is 1. The average molecular weight is 892 g/mol. The number of hydrogen-bond acceptors (Lipinski definition) is 9. The van der Waals surface area contributed by atoms with Crippen LogP contribution in [0.1, 0.15) is 56.4 Å². The van der Waals surface area contributed by atoms with Crippen LogP contribution in [0.25, 0.3) is 20.9 Å². The Bertz CT molecular complexity index is 3220. The molecule has 0 atom stereocenters. The Morgan fingerprint density at radius 1 is 0.859 bits per heavy atom. The third-order valence-corrected chi connectivity index (χ3v) is 9.16. The number of carbonyl (C=O) groups excluding carboxylic acids is 1. The zero-order chi connectivity index (χ0) is 46.0. The van der Waals surface area contributed by atoms with Gasteiger partial charge in [0.05, 0.1) is 10.1 Å². The number of hydrogen-bond donors (Lipinski definition) is 4. The van der Waals surface area contributed by atoms with Gasteiger partial charge in [-0.1, -0.05) is 33.3 Å². The van der Waals surface area contributed by atoms with Crippen LogP contribution in [0.2, 0.25) is 0 Å². The summed E-state index contributed by atoms with van der Waals surface area (Å²) in [6.45, 7) is 6.46. The molecule has 11 nitrogen and oxygen atoms in total. The molecule has 13 heteroatoms. The zero-order valence-electron chi connectivity index (χ0n) is 34.8. The van der Waals surface area contributed by atoms with E-state index >= 15 is 0 Å². The largest absolute Gasteiger partial charge is 0.478 e. The van der Waals surface area contributed by atoms with Crippen LogP contribution in [-0.4, -0.2) is 46.2 Å². The van der Waals surface area contributed by atoms with E-state index in [-0.39, 0.29) is 25.9 Å². The Kier molecular flexibility index (Phi) is 23.0. The highest BCUT2D eigenvalue weighted by Gasteiger charge is 2.18. The van der Waals surface area contributed by atoms with Gasteiger partial charge in [0.2, 0.25) is 0 Å². The number of thiophene rings is 1. The van der Waals surface area contributed by atoms with Crippen LogP contribution in [0, 0.1) is 154 Å². The number of fused-ring (bicyclic) bond motifs is 2. The smallest absolute Gasteiger partial charge is 0.261 e. The molecule has 3 heterocycles. The lowest BCUT2D eigenvalue weighted by Gasteiger charge is -2.30. The Balaban J connectivity index is -0.000000133. The quantitative estimate of drug-likeness (QED) is 0.0373. The number of likely N-dealkylation sites (tertiary alicyclic amines) is 1. The second-order valence-electron chi connectivity index (χ2n) is 12.3. The molecule has 1 fully saturated rings. The van der Waals surface area contributed by atoms with Crippen molar-refractivity contribution in [2.45, 2.75) is 39.3 Å². The SMILES string of the molecule is C#CC#CC#CC#CC#CC#CC#CC#CC#CC#CC#CC#CC.Cc1nccc2cc(CNC(=O)c3cc4c(NC5CCN(C)CC5)cccc4s3)ccc12.NN=NN[N+](=O)[S-].[HH].[HH].[HH].[HH].[HH].[HH].[HH].[HH].[HH].[HH].[HH]. The second-order valence-corrected chi connectivity index (χ2v) is 13.7. The summed E-state index contributed by atoms with van der Waals surface area (Å²) in [5.41, 5.74) is 4.96. The highest BCUT2D eigenvalue weighted by molar-refractivity contribution is 7.51. The number of anilines is 1. The van der Waals surface area contributed by atoms with Gasteiger partial charge in [0.15, 0.2) is 5.22 Å². The summed E-state index contributed by atoms with van der Waals surface area (Å²) in [7, 11) is 2.18. The molecule has 0 saturated carbocycles. The number of nitrogens with two attached hydrogens (primary N) is 1. The first-order chi connectivity index (χ1) is 31.2. The first-order valence-corrected chi connectivity index (χ1v) is 19.9. The first kappa shape index (κ1) is 49.1. The van der Waals surface area contributed by atoms with Gasteiger partial charge in [0.1, 0.15) is 0 Å². The number of rotatable bonds is 7. The molecule has 330 valence electrons. The lowest BCUT2D eigenvalue weighted by molar-refractivity contribution is -0.444. The van der Waals surface area contributed by atoms with E-state index in [2.05, 4.69) is 229 Å². The number of piperidine rings is 1. The number of aromatic nitrogens is 1. The summed E-state index contributed by atoms with van der Waals surface area (Å²) in [6.07, 6.45) is 9.03. The standard InChI is InChI=1S/C26H28N4OS.C25H4.H3N5OS.11H2/c1-17-21-7-6-18(14-19(21)8-11-27-17)16-28-26(31)25-15-22-23(4-3-5-24(22)32-25)29-20-9-12-30(2)13-10-20;1-3-5-7-9-11-13-15-17-19-21-23-25-24-22-20-18-16-14-12-10-8-6-4-2;1-2-3-4-5(6)7;;;;;;;;;;;/h3-8,11,14-15,20,29H,9-10,12-13,16H2,1-2H3,(H,28,31);1H,2H3;(H2,1,3)(H,2,4,6,7);11*1H. The molecule has 64 heavy (non-hydrogen) atoms. The minimum atomic E-state index is -0.0453. The first-order valence-electron chi connectivity index (χ1n) is 18.7. The molecule has 0 bridgehead atoms. The van der Waals surface area contributed by atoms with Crippen molar-refractivity contribution >= 4 is 56.6 Å². The Hall–Kier alpha value is -9.22. The third-order valence-electron chi connectivity index (χ3n) is 7.98. The van der Waals surface area contributed by atoms with E-state index in [0.717, 1.165) is 68.6 Å². The number of aryl methyl sites for hydroxylation is 1. The lowest BCUT2D eigenvalue weighted by Crippen LogP contribution is -2.36. The third kappa shape index (κ3) is 19.7. The van der Waals surface area contributed by atoms with E-state index in [1.807, 2.05) is 25.3 Å². The van der Waals surface area contributed by atoms with Crippen molar-refractivity contribution in [1.29, 1.82) is 0 Å². The number of amides is 1. The van der Waals surface area contributed by atoms with E-state index in [1.165, 1.54) is 0 Å². The molecule has 5 N–H and O–H groups in total. The molecule has 5 rings (SSSR count). The normalized spacial score (nSPS) is 10.2. The summed E-state index contributed by atoms with van der Waals surface area (Å²) < 4.78 is 1.10. The van der Waals surface area contributed by atoms with Crippen molar-refractivity contribution in [3.05, 3.63) is 75.8 Å². The van der Waals surface area contributed by atoms with Crippen LogP contribution in [0.3, 0.4) is 0 Å². The van der Waals surface area contributed by atoms with Gasteiger partial charge in [-0.25, -0.2) is 0 Å². The molecule has 0 aliphatic carbocycles. The van der Waals surface area contributed by atoms with Crippen LogP contribution >= 0.6 is 11.3 Å². The predicted molar refractivity (Wildman–Crippen MR) is 280 cm³/mol. The highest BCUT2D eigenvalue weighted by Crippen LogP contribution is 2.32. The maximum absolute atomic E-state index is 12.9. The average Bonchev–Trinajstić information content (AvgIpc) is 3.75. The monoisotopic (exact) mass is 891 g/mol.